The number of nitrogens with one attached hydrogen (secondary N) is 2. The fraction of sp³-hybridized carbons (Fsp3) is 0.176. The molecule has 2 aromatic heterocycles. The molecule has 0 bridgehead atoms. The zero-order valence-electron chi connectivity index (χ0n) is 13.4. The molecule has 0 spiro atoms. The Hall–Kier alpha value is -3.22. The number of anilines is 2. The zero-order chi connectivity index (χ0) is 16.9. The second kappa shape index (κ2) is 6.91. The normalized spacial score (nSPS) is 10.4. The van der Waals surface area contributed by atoms with Crippen molar-refractivity contribution in [2.24, 2.45) is 0 Å². The van der Waals surface area contributed by atoms with Crippen LogP contribution in [0.3, 0.4) is 0 Å². The Morgan fingerprint density at radius 3 is 2.58 bits per heavy atom. The SMILES string of the molecule is Cc1nc(NCc2ccccc2)cc(C(=O)Nc2cc(C)on2)n1. The first kappa shape index (κ1) is 15.7. The predicted molar refractivity (Wildman–Crippen MR) is 89.7 cm³/mol. The number of amides is 1. The van der Waals surface area contributed by atoms with Crippen molar-refractivity contribution in [3.8, 4) is 0 Å². The summed E-state index contributed by atoms with van der Waals surface area (Å²) in [6.07, 6.45) is 0. The van der Waals surface area contributed by atoms with Gasteiger partial charge < -0.3 is 15.2 Å². The largest absolute Gasteiger partial charge is 0.366 e. The minimum Gasteiger partial charge on any atom is -0.366 e. The fourth-order valence-corrected chi connectivity index (χ4v) is 2.17. The van der Waals surface area contributed by atoms with E-state index in [1.165, 1.54) is 0 Å². The molecule has 24 heavy (non-hydrogen) atoms. The van der Waals surface area contributed by atoms with E-state index in [0.29, 0.717) is 29.8 Å². The van der Waals surface area contributed by atoms with Gasteiger partial charge in [-0.25, -0.2) is 9.97 Å². The van der Waals surface area contributed by atoms with Crippen molar-refractivity contribution in [3.05, 3.63) is 65.3 Å². The van der Waals surface area contributed by atoms with E-state index in [1.54, 1.807) is 26.0 Å². The van der Waals surface area contributed by atoms with Crippen molar-refractivity contribution < 1.29 is 9.32 Å². The fourth-order valence-electron chi connectivity index (χ4n) is 2.17. The van der Waals surface area contributed by atoms with Gasteiger partial charge in [0, 0.05) is 18.7 Å². The Labute approximate surface area is 139 Å². The number of hydrogen-bond donors (Lipinski definition) is 2. The Kier molecular flexibility index (Phi) is 4.51. The third kappa shape index (κ3) is 3.95. The van der Waals surface area contributed by atoms with Crippen LogP contribution in [0.5, 0.6) is 0 Å². The quantitative estimate of drug-likeness (QED) is 0.750. The van der Waals surface area contributed by atoms with Gasteiger partial charge in [0.1, 0.15) is 23.1 Å². The van der Waals surface area contributed by atoms with Gasteiger partial charge in [-0.3, -0.25) is 4.79 Å². The molecule has 0 aliphatic carbocycles. The van der Waals surface area contributed by atoms with Crippen molar-refractivity contribution in [2.45, 2.75) is 20.4 Å². The Balaban J connectivity index is 1.72. The number of nitrogens with zero attached hydrogens (tertiary/aromatic N) is 3. The molecule has 0 fully saturated rings. The smallest absolute Gasteiger partial charge is 0.275 e. The molecule has 0 atom stereocenters. The van der Waals surface area contributed by atoms with E-state index in [-0.39, 0.29) is 11.6 Å². The highest BCUT2D eigenvalue weighted by molar-refractivity contribution is 6.02. The molecule has 0 unspecified atom stereocenters. The van der Waals surface area contributed by atoms with Crippen LogP contribution in [0, 0.1) is 13.8 Å². The average Bonchev–Trinajstić information content (AvgIpc) is 2.98. The molecule has 7 heteroatoms. The average molecular weight is 323 g/mol. The monoisotopic (exact) mass is 323 g/mol. The second-order valence-electron chi connectivity index (χ2n) is 5.30. The number of aromatic nitrogens is 3. The lowest BCUT2D eigenvalue weighted by atomic mass is 10.2. The van der Waals surface area contributed by atoms with E-state index in [9.17, 15) is 4.79 Å². The standard InChI is InChI=1S/C17H17N5O2/c1-11-8-16(22-24-11)21-17(23)14-9-15(20-12(2)19-14)18-10-13-6-4-3-5-7-13/h3-9H,10H2,1-2H3,(H,18,19,20)(H,21,22,23). The molecule has 0 saturated carbocycles. The van der Waals surface area contributed by atoms with Crippen LogP contribution in [0.15, 0.2) is 47.0 Å². The number of aryl methyl sites for hydroxylation is 2. The van der Waals surface area contributed by atoms with Gasteiger partial charge in [0.15, 0.2) is 5.82 Å². The van der Waals surface area contributed by atoms with Gasteiger partial charge in [-0.1, -0.05) is 35.5 Å². The van der Waals surface area contributed by atoms with Crippen LogP contribution in [-0.2, 0) is 6.54 Å². The summed E-state index contributed by atoms with van der Waals surface area (Å²) >= 11 is 0. The molecule has 2 N–H and O–H groups in total. The Morgan fingerprint density at radius 1 is 1.08 bits per heavy atom. The van der Waals surface area contributed by atoms with Gasteiger partial charge >= 0.3 is 0 Å². The van der Waals surface area contributed by atoms with E-state index in [0.717, 1.165) is 5.56 Å². The molecule has 3 rings (SSSR count). The molecule has 0 aliphatic heterocycles. The topological polar surface area (TPSA) is 92.9 Å². The maximum Gasteiger partial charge on any atom is 0.275 e. The van der Waals surface area contributed by atoms with Crippen molar-refractivity contribution in [2.75, 3.05) is 10.6 Å². The predicted octanol–water partition coefficient (Wildman–Crippen LogP) is 2.95. The summed E-state index contributed by atoms with van der Waals surface area (Å²) in [5.74, 6) is 1.71. The van der Waals surface area contributed by atoms with Crippen LogP contribution in [0.4, 0.5) is 11.6 Å². The van der Waals surface area contributed by atoms with Gasteiger partial charge in [-0.2, -0.15) is 0 Å². The van der Waals surface area contributed by atoms with E-state index in [2.05, 4.69) is 25.8 Å². The number of benzene rings is 1. The van der Waals surface area contributed by atoms with Crippen LogP contribution in [-0.4, -0.2) is 21.0 Å². The minimum absolute atomic E-state index is 0.263. The summed E-state index contributed by atoms with van der Waals surface area (Å²) in [6, 6.07) is 13.2. The van der Waals surface area contributed by atoms with E-state index in [4.69, 9.17) is 4.52 Å². The van der Waals surface area contributed by atoms with E-state index < -0.39 is 0 Å². The number of hydrogen-bond acceptors (Lipinski definition) is 6. The molecule has 7 nitrogen and oxygen atoms in total. The van der Waals surface area contributed by atoms with Crippen LogP contribution < -0.4 is 10.6 Å². The van der Waals surface area contributed by atoms with Crippen LogP contribution in [0.2, 0.25) is 0 Å². The first-order valence-electron chi connectivity index (χ1n) is 7.48. The first-order valence-corrected chi connectivity index (χ1v) is 7.48. The highest BCUT2D eigenvalue weighted by Gasteiger charge is 2.12. The molecule has 0 radical (unpaired) electrons. The second-order valence-corrected chi connectivity index (χ2v) is 5.30. The number of carbonyl (C=O) groups is 1. The molecule has 122 valence electrons. The molecule has 1 aromatic carbocycles. The Morgan fingerprint density at radius 2 is 1.88 bits per heavy atom. The highest BCUT2D eigenvalue weighted by Crippen LogP contribution is 2.12. The van der Waals surface area contributed by atoms with Crippen LogP contribution in [0.1, 0.15) is 27.6 Å². The summed E-state index contributed by atoms with van der Waals surface area (Å²) in [7, 11) is 0. The van der Waals surface area contributed by atoms with E-state index in [1.807, 2.05) is 30.3 Å². The van der Waals surface area contributed by atoms with Gasteiger partial charge in [-0.15, -0.1) is 0 Å². The van der Waals surface area contributed by atoms with Gasteiger partial charge in [0.2, 0.25) is 0 Å². The summed E-state index contributed by atoms with van der Waals surface area (Å²) in [5, 5.41) is 9.58. The highest BCUT2D eigenvalue weighted by atomic mass is 16.5. The van der Waals surface area contributed by atoms with Crippen LogP contribution in [0.25, 0.3) is 0 Å². The number of rotatable bonds is 5. The van der Waals surface area contributed by atoms with Gasteiger partial charge in [-0.05, 0) is 19.4 Å². The summed E-state index contributed by atoms with van der Waals surface area (Å²) < 4.78 is 4.93. The molecule has 0 saturated heterocycles. The van der Waals surface area contributed by atoms with Gasteiger partial charge in [0.25, 0.3) is 5.91 Å². The van der Waals surface area contributed by atoms with Crippen molar-refractivity contribution in [1.29, 1.82) is 0 Å². The first-order chi connectivity index (χ1) is 11.6. The lowest BCUT2D eigenvalue weighted by Gasteiger charge is -2.08. The van der Waals surface area contributed by atoms with Crippen molar-refractivity contribution in [3.63, 3.8) is 0 Å². The lowest BCUT2D eigenvalue weighted by Crippen LogP contribution is -2.16. The third-order valence-electron chi connectivity index (χ3n) is 3.26. The summed E-state index contributed by atoms with van der Waals surface area (Å²) in [4.78, 5) is 20.8. The van der Waals surface area contributed by atoms with Crippen molar-refractivity contribution >= 4 is 17.5 Å². The minimum atomic E-state index is -0.364. The molecule has 2 heterocycles. The molecule has 3 aromatic rings. The lowest BCUT2D eigenvalue weighted by molar-refractivity contribution is 0.102. The van der Waals surface area contributed by atoms with Crippen LogP contribution >= 0.6 is 0 Å². The van der Waals surface area contributed by atoms with Crippen molar-refractivity contribution in [1.82, 2.24) is 15.1 Å². The van der Waals surface area contributed by atoms with Gasteiger partial charge in [0.05, 0.1) is 0 Å². The summed E-state index contributed by atoms with van der Waals surface area (Å²) in [6.45, 7) is 4.11. The molecule has 0 aliphatic rings. The maximum atomic E-state index is 12.3. The summed E-state index contributed by atoms with van der Waals surface area (Å²) in [5.41, 5.74) is 1.39. The number of carbonyl (C=O) groups excluding carboxylic acids is 1. The molecular weight excluding hydrogens is 306 g/mol. The zero-order valence-corrected chi connectivity index (χ0v) is 13.4. The maximum absolute atomic E-state index is 12.3. The molecule has 1 amide bonds. The Bertz CT molecular complexity index is 845. The third-order valence-corrected chi connectivity index (χ3v) is 3.26. The van der Waals surface area contributed by atoms with E-state index >= 15 is 0 Å². The molecular formula is C17H17N5O2.